The van der Waals surface area contributed by atoms with Crippen molar-refractivity contribution in [1.29, 1.82) is 0 Å². The maximum atomic E-state index is 12.3. The van der Waals surface area contributed by atoms with Crippen LogP contribution in [0.3, 0.4) is 0 Å². The van der Waals surface area contributed by atoms with Gasteiger partial charge in [-0.05, 0) is 60.4 Å². The molecule has 1 fully saturated rings. The molecule has 1 aliphatic heterocycles. The lowest BCUT2D eigenvalue weighted by Crippen LogP contribution is -2.38. The van der Waals surface area contributed by atoms with Crippen molar-refractivity contribution < 1.29 is 4.79 Å². The smallest absolute Gasteiger partial charge is 0.255 e. The zero-order valence-electron chi connectivity index (χ0n) is 12.7. The van der Waals surface area contributed by atoms with E-state index in [1.165, 1.54) is 0 Å². The fourth-order valence-corrected chi connectivity index (χ4v) is 2.98. The van der Waals surface area contributed by atoms with E-state index >= 15 is 0 Å². The van der Waals surface area contributed by atoms with Gasteiger partial charge in [-0.1, -0.05) is 6.92 Å². The van der Waals surface area contributed by atoms with Crippen molar-refractivity contribution >= 4 is 27.7 Å². The molecule has 1 amide bonds. The second-order valence-electron chi connectivity index (χ2n) is 5.39. The number of rotatable bonds is 5. The highest BCUT2D eigenvalue weighted by Gasteiger charge is 2.19. The van der Waals surface area contributed by atoms with E-state index in [4.69, 9.17) is 0 Å². The van der Waals surface area contributed by atoms with Crippen LogP contribution < -0.4 is 10.6 Å². The minimum atomic E-state index is -0.0638. The first-order chi connectivity index (χ1) is 10.1. The molecule has 0 atom stereocenters. The fourth-order valence-electron chi connectivity index (χ4n) is 2.65. The van der Waals surface area contributed by atoms with Crippen molar-refractivity contribution in [2.75, 3.05) is 38.5 Å². The number of carbonyl (C=O) groups excluding carboxylic acids is 1. The summed E-state index contributed by atoms with van der Waals surface area (Å²) < 4.78 is 0.808. The van der Waals surface area contributed by atoms with E-state index in [9.17, 15) is 4.79 Å². The van der Waals surface area contributed by atoms with E-state index in [0.717, 1.165) is 43.5 Å². The number of hydrogen-bond acceptors (Lipinski definition) is 4. The van der Waals surface area contributed by atoms with Crippen LogP contribution in [0.4, 0.5) is 5.82 Å². The van der Waals surface area contributed by atoms with Crippen LogP contribution >= 0.6 is 15.9 Å². The zero-order chi connectivity index (χ0) is 15.2. The van der Waals surface area contributed by atoms with Gasteiger partial charge in [0, 0.05) is 24.3 Å². The van der Waals surface area contributed by atoms with Gasteiger partial charge in [0.25, 0.3) is 5.91 Å². The highest BCUT2D eigenvalue weighted by Crippen LogP contribution is 2.19. The van der Waals surface area contributed by atoms with Gasteiger partial charge in [0.15, 0.2) is 0 Å². The van der Waals surface area contributed by atoms with Crippen LogP contribution in [0.25, 0.3) is 0 Å². The van der Waals surface area contributed by atoms with Gasteiger partial charge in [-0.3, -0.25) is 4.79 Å². The predicted molar refractivity (Wildman–Crippen MR) is 88.7 cm³/mol. The van der Waals surface area contributed by atoms with Crippen LogP contribution in [-0.2, 0) is 0 Å². The lowest BCUT2D eigenvalue weighted by Gasteiger charge is -2.31. The molecular formula is C15H23BrN4O. The summed E-state index contributed by atoms with van der Waals surface area (Å²) in [4.78, 5) is 19.0. The number of piperidine rings is 1. The maximum absolute atomic E-state index is 12.3. The average molecular weight is 355 g/mol. The number of halogens is 1. The average Bonchev–Trinajstić information content (AvgIpc) is 2.53. The Morgan fingerprint density at radius 1 is 1.48 bits per heavy atom. The first-order valence-electron chi connectivity index (χ1n) is 7.48. The summed E-state index contributed by atoms with van der Waals surface area (Å²) in [6.07, 6.45) is 4.00. The van der Waals surface area contributed by atoms with Crippen LogP contribution in [0.5, 0.6) is 0 Å². The minimum Gasteiger partial charge on any atom is -0.372 e. The van der Waals surface area contributed by atoms with Gasteiger partial charge < -0.3 is 15.5 Å². The summed E-state index contributed by atoms with van der Waals surface area (Å²) in [5.74, 6) is 1.12. The molecule has 5 nitrogen and oxygen atoms in total. The molecule has 0 spiro atoms. The number of amides is 1. The van der Waals surface area contributed by atoms with Crippen molar-refractivity contribution in [3.05, 3.63) is 22.3 Å². The van der Waals surface area contributed by atoms with Gasteiger partial charge in [-0.15, -0.1) is 0 Å². The molecule has 116 valence electrons. The highest BCUT2D eigenvalue weighted by molar-refractivity contribution is 9.10. The third-order valence-electron chi connectivity index (χ3n) is 4.04. The van der Waals surface area contributed by atoms with Crippen molar-refractivity contribution in [1.82, 2.24) is 15.2 Å². The molecule has 0 aliphatic carbocycles. The number of nitrogens with one attached hydrogen (secondary N) is 2. The summed E-state index contributed by atoms with van der Waals surface area (Å²) in [5, 5.41) is 6.00. The normalized spacial score (nSPS) is 16.7. The van der Waals surface area contributed by atoms with Gasteiger partial charge in [0.2, 0.25) is 0 Å². The summed E-state index contributed by atoms with van der Waals surface area (Å²) in [6, 6.07) is 1.80. The first kappa shape index (κ1) is 16.2. The quantitative estimate of drug-likeness (QED) is 0.851. The lowest BCUT2D eigenvalue weighted by atomic mass is 9.97. The Morgan fingerprint density at radius 2 is 2.19 bits per heavy atom. The van der Waals surface area contributed by atoms with Crippen LogP contribution in [0, 0.1) is 5.92 Å². The van der Waals surface area contributed by atoms with Gasteiger partial charge in [0.1, 0.15) is 5.82 Å². The molecule has 1 aliphatic rings. The number of likely N-dealkylation sites (tertiary alicyclic amines) is 1. The topological polar surface area (TPSA) is 57.3 Å². The Hall–Kier alpha value is -1.14. The van der Waals surface area contributed by atoms with Crippen LogP contribution in [0.15, 0.2) is 16.7 Å². The summed E-state index contributed by atoms with van der Waals surface area (Å²) in [7, 11) is 1.77. The Balaban J connectivity index is 1.89. The second-order valence-corrected chi connectivity index (χ2v) is 6.30. The SMILES string of the molecule is CCN1CCC(CNC(=O)c2cc(Br)cnc2NC)CC1. The van der Waals surface area contributed by atoms with E-state index < -0.39 is 0 Å². The van der Waals surface area contributed by atoms with E-state index in [0.29, 0.717) is 17.3 Å². The molecule has 21 heavy (non-hydrogen) atoms. The van der Waals surface area contributed by atoms with Gasteiger partial charge >= 0.3 is 0 Å². The molecule has 0 aromatic carbocycles. The number of pyridine rings is 1. The molecule has 2 heterocycles. The molecule has 1 aromatic rings. The summed E-state index contributed by atoms with van der Waals surface area (Å²) in [5.41, 5.74) is 0.581. The summed E-state index contributed by atoms with van der Waals surface area (Å²) >= 11 is 3.36. The second kappa shape index (κ2) is 7.75. The van der Waals surface area contributed by atoms with Crippen molar-refractivity contribution in [3.63, 3.8) is 0 Å². The first-order valence-corrected chi connectivity index (χ1v) is 8.27. The predicted octanol–water partition coefficient (Wildman–Crippen LogP) is 2.35. The monoisotopic (exact) mass is 354 g/mol. The Labute approximate surface area is 134 Å². The van der Waals surface area contributed by atoms with Gasteiger partial charge in [0.05, 0.1) is 5.56 Å². The molecule has 2 rings (SSSR count). The number of hydrogen-bond donors (Lipinski definition) is 2. The van der Waals surface area contributed by atoms with Crippen molar-refractivity contribution in [2.45, 2.75) is 19.8 Å². The van der Waals surface area contributed by atoms with E-state index in [2.05, 4.69) is 43.4 Å². The van der Waals surface area contributed by atoms with Crippen molar-refractivity contribution in [2.24, 2.45) is 5.92 Å². The molecule has 0 bridgehead atoms. The van der Waals surface area contributed by atoms with Gasteiger partial charge in [-0.2, -0.15) is 0 Å². The van der Waals surface area contributed by atoms with E-state index in [1.807, 2.05) is 0 Å². The highest BCUT2D eigenvalue weighted by atomic mass is 79.9. The molecule has 1 aromatic heterocycles. The minimum absolute atomic E-state index is 0.0638. The zero-order valence-corrected chi connectivity index (χ0v) is 14.2. The van der Waals surface area contributed by atoms with Crippen LogP contribution in [-0.4, -0.2) is 49.0 Å². The third-order valence-corrected chi connectivity index (χ3v) is 4.48. The third kappa shape index (κ3) is 4.41. The lowest BCUT2D eigenvalue weighted by molar-refractivity contribution is 0.0937. The number of carbonyl (C=O) groups is 1. The molecule has 0 unspecified atom stereocenters. The van der Waals surface area contributed by atoms with Crippen LogP contribution in [0.2, 0.25) is 0 Å². The number of anilines is 1. The van der Waals surface area contributed by atoms with Gasteiger partial charge in [-0.25, -0.2) is 4.98 Å². The standard InChI is InChI=1S/C15H23BrN4O/c1-3-20-6-4-11(5-7-20)9-19-15(21)13-8-12(16)10-18-14(13)17-2/h8,10-11H,3-7,9H2,1-2H3,(H,17,18)(H,19,21). The number of nitrogens with zero attached hydrogens (tertiary/aromatic N) is 2. The molecule has 2 N–H and O–H groups in total. The van der Waals surface area contributed by atoms with Crippen molar-refractivity contribution in [3.8, 4) is 0 Å². The molecular weight excluding hydrogens is 332 g/mol. The Kier molecular flexibility index (Phi) is 5.99. The van der Waals surface area contributed by atoms with E-state index in [1.54, 1.807) is 19.3 Å². The molecule has 0 saturated carbocycles. The molecule has 6 heteroatoms. The maximum Gasteiger partial charge on any atom is 0.255 e. The van der Waals surface area contributed by atoms with E-state index in [-0.39, 0.29) is 5.91 Å². The number of aromatic nitrogens is 1. The fraction of sp³-hybridized carbons (Fsp3) is 0.600. The van der Waals surface area contributed by atoms with Crippen LogP contribution in [0.1, 0.15) is 30.1 Å². The summed E-state index contributed by atoms with van der Waals surface area (Å²) in [6.45, 7) is 6.33. The largest absolute Gasteiger partial charge is 0.372 e. The molecule has 0 radical (unpaired) electrons. The molecule has 1 saturated heterocycles. The Morgan fingerprint density at radius 3 is 2.81 bits per heavy atom. The Bertz CT molecular complexity index is 487.